The average molecular weight is 304 g/mol. The van der Waals surface area contributed by atoms with Crippen molar-refractivity contribution in [3.05, 3.63) is 35.9 Å². The van der Waals surface area contributed by atoms with Crippen molar-refractivity contribution in [3.8, 4) is 0 Å². The van der Waals surface area contributed by atoms with Crippen molar-refractivity contribution in [2.24, 2.45) is 0 Å². The zero-order valence-corrected chi connectivity index (χ0v) is 13.8. The molecular weight excluding hydrogens is 276 g/mol. The summed E-state index contributed by atoms with van der Waals surface area (Å²) in [6.45, 7) is 8.79. The van der Waals surface area contributed by atoms with E-state index in [2.05, 4.69) is 30.9 Å². The first kappa shape index (κ1) is 17.0. The monoisotopic (exact) mass is 304 g/mol. The maximum Gasteiger partial charge on any atom is 0.236 e. The van der Waals surface area contributed by atoms with Gasteiger partial charge in [0.2, 0.25) is 5.91 Å². The summed E-state index contributed by atoms with van der Waals surface area (Å²) < 4.78 is 5.86. The molecule has 0 aliphatic carbocycles. The maximum absolute atomic E-state index is 12.5. The topological polar surface area (TPSA) is 32.8 Å². The second kappa shape index (κ2) is 8.91. The molecule has 1 fully saturated rings. The zero-order valence-electron chi connectivity index (χ0n) is 13.8. The van der Waals surface area contributed by atoms with Crippen LogP contribution in [0.5, 0.6) is 0 Å². The first-order valence-corrected chi connectivity index (χ1v) is 8.41. The molecule has 4 nitrogen and oxygen atoms in total. The molecule has 2 rings (SSSR count). The number of carbonyl (C=O) groups is 1. The average Bonchev–Trinajstić information content (AvgIpc) is 2.56. The Morgan fingerprint density at radius 1 is 1.23 bits per heavy atom. The van der Waals surface area contributed by atoms with Crippen LogP contribution < -0.4 is 0 Å². The Bertz CT molecular complexity index is 444. The van der Waals surface area contributed by atoms with E-state index in [1.165, 1.54) is 5.56 Å². The Morgan fingerprint density at radius 3 is 2.55 bits per heavy atom. The fourth-order valence-corrected chi connectivity index (χ4v) is 2.91. The van der Waals surface area contributed by atoms with Gasteiger partial charge in [0.15, 0.2) is 0 Å². The summed E-state index contributed by atoms with van der Waals surface area (Å²) in [5.74, 6) is 0.248. The molecule has 1 aromatic carbocycles. The van der Waals surface area contributed by atoms with Gasteiger partial charge in [0.05, 0.1) is 19.3 Å². The predicted octanol–water partition coefficient (Wildman–Crippen LogP) is 2.71. The highest BCUT2D eigenvalue weighted by Gasteiger charge is 2.24. The number of benzene rings is 1. The smallest absolute Gasteiger partial charge is 0.236 e. The third-order valence-corrected chi connectivity index (χ3v) is 4.02. The maximum atomic E-state index is 12.5. The molecule has 1 aliphatic rings. The number of morpholine rings is 1. The van der Waals surface area contributed by atoms with Crippen LogP contribution in [0.1, 0.15) is 38.4 Å². The summed E-state index contributed by atoms with van der Waals surface area (Å²) in [7, 11) is 0. The van der Waals surface area contributed by atoms with Crippen LogP contribution in [0.15, 0.2) is 30.3 Å². The van der Waals surface area contributed by atoms with Gasteiger partial charge in [0, 0.05) is 26.2 Å². The van der Waals surface area contributed by atoms with Crippen LogP contribution in [0.4, 0.5) is 0 Å². The van der Waals surface area contributed by atoms with Crippen molar-refractivity contribution in [1.29, 1.82) is 0 Å². The van der Waals surface area contributed by atoms with Gasteiger partial charge in [-0.05, 0) is 18.4 Å². The van der Waals surface area contributed by atoms with E-state index in [4.69, 9.17) is 4.74 Å². The molecule has 0 aromatic heterocycles. The predicted molar refractivity (Wildman–Crippen MR) is 88.7 cm³/mol. The molecule has 0 bridgehead atoms. The zero-order chi connectivity index (χ0) is 15.8. The minimum Gasteiger partial charge on any atom is -0.371 e. The summed E-state index contributed by atoms with van der Waals surface area (Å²) in [6, 6.07) is 10.3. The van der Waals surface area contributed by atoms with Gasteiger partial charge in [-0.3, -0.25) is 9.69 Å². The van der Waals surface area contributed by atoms with Crippen molar-refractivity contribution >= 4 is 5.91 Å². The summed E-state index contributed by atoms with van der Waals surface area (Å²) in [5.41, 5.74) is 1.19. The van der Waals surface area contributed by atoms with Gasteiger partial charge in [0.25, 0.3) is 0 Å². The molecule has 0 radical (unpaired) electrons. The highest BCUT2D eigenvalue weighted by Crippen LogP contribution is 2.21. The van der Waals surface area contributed by atoms with Gasteiger partial charge < -0.3 is 9.64 Å². The van der Waals surface area contributed by atoms with E-state index in [9.17, 15) is 4.79 Å². The molecule has 0 saturated carbocycles. The molecule has 1 unspecified atom stereocenters. The Balaban J connectivity index is 1.90. The number of carbonyl (C=O) groups excluding carboxylic acids is 1. The summed E-state index contributed by atoms with van der Waals surface area (Å²) in [4.78, 5) is 16.7. The van der Waals surface area contributed by atoms with E-state index in [0.29, 0.717) is 13.2 Å². The van der Waals surface area contributed by atoms with Crippen LogP contribution in [0, 0.1) is 0 Å². The molecule has 4 heteroatoms. The lowest BCUT2D eigenvalue weighted by Crippen LogP contribution is -2.46. The molecule has 22 heavy (non-hydrogen) atoms. The quantitative estimate of drug-likeness (QED) is 0.776. The largest absolute Gasteiger partial charge is 0.371 e. The second-order valence-corrected chi connectivity index (χ2v) is 5.89. The van der Waals surface area contributed by atoms with Crippen LogP contribution >= 0.6 is 0 Å². The van der Waals surface area contributed by atoms with E-state index in [1.807, 2.05) is 23.1 Å². The summed E-state index contributed by atoms with van der Waals surface area (Å²) in [6.07, 6.45) is 2.11. The van der Waals surface area contributed by atoms with Crippen LogP contribution in [-0.4, -0.2) is 55.0 Å². The number of ether oxygens (including phenoxy) is 1. The highest BCUT2D eigenvalue weighted by atomic mass is 16.5. The number of rotatable bonds is 7. The van der Waals surface area contributed by atoms with Crippen LogP contribution in [-0.2, 0) is 9.53 Å². The second-order valence-electron chi connectivity index (χ2n) is 5.89. The SMILES string of the molecule is CCCN(CCC)C(=O)CN1CCOC(c2ccccc2)C1. The first-order chi connectivity index (χ1) is 10.7. The lowest BCUT2D eigenvalue weighted by Gasteiger charge is -2.34. The molecular formula is C18H28N2O2. The Morgan fingerprint density at radius 2 is 1.91 bits per heavy atom. The number of nitrogens with zero attached hydrogens (tertiary/aromatic N) is 2. The minimum absolute atomic E-state index is 0.0774. The van der Waals surface area contributed by atoms with Gasteiger partial charge in [-0.15, -0.1) is 0 Å². The molecule has 1 aromatic rings. The van der Waals surface area contributed by atoms with Crippen molar-refractivity contribution < 1.29 is 9.53 Å². The Labute approximate surface area is 134 Å². The Hall–Kier alpha value is -1.39. The highest BCUT2D eigenvalue weighted by molar-refractivity contribution is 5.78. The van der Waals surface area contributed by atoms with E-state index < -0.39 is 0 Å². The van der Waals surface area contributed by atoms with Crippen molar-refractivity contribution in [1.82, 2.24) is 9.80 Å². The van der Waals surface area contributed by atoms with Crippen molar-refractivity contribution in [2.75, 3.05) is 39.3 Å². The van der Waals surface area contributed by atoms with Crippen LogP contribution in [0.25, 0.3) is 0 Å². The standard InChI is InChI=1S/C18H28N2O2/c1-3-10-20(11-4-2)18(21)15-19-12-13-22-17(14-19)16-8-6-5-7-9-16/h5-9,17H,3-4,10-15H2,1-2H3. The van der Waals surface area contributed by atoms with Crippen LogP contribution in [0.3, 0.4) is 0 Å². The lowest BCUT2D eigenvalue weighted by molar-refractivity contribution is -0.134. The fourth-order valence-electron chi connectivity index (χ4n) is 2.91. The third kappa shape index (κ3) is 4.82. The summed E-state index contributed by atoms with van der Waals surface area (Å²) >= 11 is 0. The molecule has 122 valence electrons. The lowest BCUT2D eigenvalue weighted by atomic mass is 10.1. The minimum atomic E-state index is 0.0774. The number of amides is 1. The van der Waals surface area contributed by atoms with Crippen LogP contribution in [0.2, 0.25) is 0 Å². The van der Waals surface area contributed by atoms with Gasteiger partial charge in [-0.25, -0.2) is 0 Å². The fraction of sp³-hybridized carbons (Fsp3) is 0.611. The van der Waals surface area contributed by atoms with Gasteiger partial charge in [-0.1, -0.05) is 44.2 Å². The van der Waals surface area contributed by atoms with E-state index in [-0.39, 0.29) is 12.0 Å². The molecule has 0 spiro atoms. The Kier molecular flexibility index (Phi) is 6.87. The molecule has 1 saturated heterocycles. The normalized spacial score (nSPS) is 19.1. The third-order valence-electron chi connectivity index (χ3n) is 4.02. The molecule has 1 aliphatic heterocycles. The van der Waals surface area contributed by atoms with E-state index >= 15 is 0 Å². The molecule has 1 amide bonds. The van der Waals surface area contributed by atoms with Gasteiger partial charge >= 0.3 is 0 Å². The van der Waals surface area contributed by atoms with Crippen molar-refractivity contribution in [3.63, 3.8) is 0 Å². The van der Waals surface area contributed by atoms with Gasteiger partial charge in [-0.2, -0.15) is 0 Å². The molecule has 0 N–H and O–H groups in total. The number of hydrogen-bond donors (Lipinski definition) is 0. The van der Waals surface area contributed by atoms with E-state index in [0.717, 1.165) is 39.0 Å². The van der Waals surface area contributed by atoms with Gasteiger partial charge in [0.1, 0.15) is 0 Å². The molecule has 1 atom stereocenters. The first-order valence-electron chi connectivity index (χ1n) is 8.41. The van der Waals surface area contributed by atoms with Crippen molar-refractivity contribution in [2.45, 2.75) is 32.8 Å². The number of hydrogen-bond acceptors (Lipinski definition) is 3. The molecule has 1 heterocycles. The summed E-state index contributed by atoms with van der Waals surface area (Å²) in [5, 5.41) is 0. The van der Waals surface area contributed by atoms with E-state index in [1.54, 1.807) is 0 Å².